The molecule has 0 aliphatic carbocycles. The topological polar surface area (TPSA) is 46.5 Å². The van der Waals surface area contributed by atoms with Crippen LogP contribution in [0.25, 0.3) is 0 Å². The van der Waals surface area contributed by atoms with Crippen molar-refractivity contribution in [2.45, 2.75) is 20.0 Å². The minimum Gasteiger partial charge on any atom is -0.463 e. The highest BCUT2D eigenvalue weighted by Crippen LogP contribution is 2.05. The van der Waals surface area contributed by atoms with Gasteiger partial charge in [0.2, 0.25) is 0 Å². The van der Waals surface area contributed by atoms with Crippen LogP contribution in [0.3, 0.4) is 0 Å². The van der Waals surface area contributed by atoms with Crippen molar-refractivity contribution in [3.8, 4) is 0 Å². The van der Waals surface area contributed by atoms with E-state index in [9.17, 15) is 9.18 Å². The Kier molecular flexibility index (Phi) is 5.80. The van der Waals surface area contributed by atoms with E-state index in [1.54, 1.807) is 13.8 Å². The highest BCUT2D eigenvalue weighted by Gasteiger charge is 2.08. The summed E-state index contributed by atoms with van der Waals surface area (Å²) in [5.41, 5.74) is 0. The first-order chi connectivity index (χ1) is 6.11. The largest absolute Gasteiger partial charge is 0.463 e. The third-order valence-electron chi connectivity index (χ3n) is 1.20. The smallest absolute Gasteiger partial charge is 0.333 e. The normalized spacial score (nSPS) is 14.6. The Morgan fingerprint density at radius 2 is 2.31 bits per heavy atom. The molecule has 0 saturated carbocycles. The zero-order valence-electron chi connectivity index (χ0n) is 7.66. The Balaban J connectivity index is 4.22. The van der Waals surface area contributed by atoms with E-state index < -0.39 is 17.9 Å². The molecule has 1 atom stereocenters. The van der Waals surface area contributed by atoms with Crippen LogP contribution in [-0.4, -0.2) is 23.8 Å². The molecule has 0 aromatic rings. The number of allylic oxidation sites excluding steroid dienone is 1. The van der Waals surface area contributed by atoms with E-state index in [0.717, 1.165) is 0 Å². The Hall–Kier alpha value is -1.16. The Labute approximate surface area is 76.5 Å². The fourth-order valence-electron chi connectivity index (χ4n) is 0.656. The van der Waals surface area contributed by atoms with Crippen molar-refractivity contribution in [3.05, 3.63) is 24.1 Å². The monoisotopic (exact) mass is 188 g/mol. The van der Waals surface area contributed by atoms with Crippen LogP contribution in [0.15, 0.2) is 24.1 Å². The predicted molar refractivity (Wildman–Crippen MR) is 46.6 cm³/mol. The van der Waals surface area contributed by atoms with Gasteiger partial charge in [0, 0.05) is 0 Å². The molecule has 0 aliphatic rings. The molecule has 0 aromatic carbocycles. The van der Waals surface area contributed by atoms with Crippen molar-refractivity contribution in [2.75, 3.05) is 6.61 Å². The first-order valence-electron chi connectivity index (χ1n) is 3.96. The van der Waals surface area contributed by atoms with E-state index in [2.05, 4.69) is 4.74 Å². The van der Waals surface area contributed by atoms with Crippen molar-refractivity contribution >= 4 is 5.97 Å². The predicted octanol–water partition coefficient (Wildman–Crippen LogP) is 1.34. The van der Waals surface area contributed by atoms with Crippen LogP contribution in [0.2, 0.25) is 0 Å². The molecule has 0 saturated heterocycles. The van der Waals surface area contributed by atoms with Crippen LogP contribution >= 0.6 is 0 Å². The lowest BCUT2D eigenvalue weighted by Crippen LogP contribution is -2.07. The number of hydrogen-bond donors (Lipinski definition) is 1. The molecule has 0 rings (SSSR count). The summed E-state index contributed by atoms with van der Waals surface area (Å²) in [5, 5.41) is 9.00. The Bertz CT molecular complexity index is 221. The maximum absolute atomic E-state index is 12.8. The quantitative estimate of drug-likeness (QED) is 0.411. The van der Waals surface area contributed by atoms with Gasteiger partial charge >= 0.3 is 5.97 Å². The fraction of sp³-hybridized carbons (Fsp3) is 0.444. The van der Waals surface area contributed by atoms with Crippen molar-refractivity contribution in [1.82, 2.24) is 0 Å². The van der Waals surface area contributed by atoms with Gasteiger partial charge in [-0.05, 0) is 13.8 Å². The number of ether oxygens (including phenoxy) is 1. The first-order valence-corrected chi connectivity index (χ1v) is 3.96. The number of rotatable bonds is 4. The Morgan fingerprint density at radius 3 is 2.77 bits per heavy atom. The van der Waals surface area contributed by atoms with Crippen LogP contribution in [0.4, 0.5) is 4.39 Å². The molecule has 4 heteroatoms. The zero-order chi connectivity index (χ0) is 10.3. The highest BCUT2D eigenvalue weighted by molar-refractivity contribution is 5.82. The maximum atomic E-state index is 12.8. The van der Waals surface area contributed by atoms with Crippen LogP contribution in [0.5, 0.6) is 0 Å². The summed E-state index contributed by atoms with van der Waals surface area (Å²) >= 11 is 0. The van der Waals surface area contributed by atoms with Crippen LogP contribution in [0, 0.1) is 0 Å². The van der Waals surface area contributed by atoms with Gasteiger partial charge in [0.15, 0.2) is 0 Å². The minimum atomic E-state index is -1.37. The van der Waals surface area contributed by atoms with Crippen LogP contribution in [-0.2, 0) is 9.53 Å². The molecule has 0 aliphatic heterocycles. The molecular weight excluding hydrogens is 175 g/mol. The molecule has 3 nitrogen and oxygen atoms in total. The van der Waals surface area contributed by atoms with Crippen molar-refractivity contribution in [1.29, 1.82) is 0 Å². The zero-order valence-corrected chi connectivity index (χ0v) is 7.66. The molecule has 0 heterocycles. The van der Waals surface area contributed by atoms with Crippen LogP contribution in [0.1, 0.15) is 13.8 Å². The lowest BCUT2D eigenvalue weighted by molar-refractivity contribution is -0.137. The number of esters is 1. The summed E-state index contributed by atoms with van der Waals surface area (Å²) < 4.78 is 17.3. The van der Waals surface area contributed by atoms with Gasteiger partial charge in [0.05, 0.1) is 12.7 Å². The summed E-state index contributed by atoms with van der Waals surface area (Å²) in [4.78, 5) is 10.7. The van der Waals surface area contributed by atoms with E-state index in [1.165, 1.54) is 12.2 Å². The van der Waals surface area contributed by atoms with Crippen molar-refractivity contribution < 1.29 is 19.0 Å². The molecule has 13 heavy (non-hydrogen) atoms. The van der Waals surface area contributed by atoms with Gasteiger partial charge in [-0.25, -0.2) is 9.18 Å². The number of carbonyl (C=O) groups excluding carboxylic acids is 1. The molecule has 0 spiro atoms. The number of carbonyl (C=O) groups is 1. The van der Waals surface area contributed by atoms with E-state index in [-0.39, 0.29) is 6.61 Å². The summed E-state index contributed by atoms with van der Waals surface area (Å²) in [7, 11) is 0. The molecule has 74 valence electrons. The van der Waals surface area contributed by atoms with Crippen molar-refractivity contribution in [2.24, 2.45) is 0 Å². The molecular formula is C9H13FO3. The number of halogens is 1. The second kappa shape index (κ2) is 6.37. The molecule has 0 aromatic heterocycles. The van der Waals surface area contributed by atoms with Gasteiger partial charge < -0.3 is 9.84 Å². The minimum absolute atomic E-state index is 0.183. The van der Waals surface area contributed by atoms with Gasteiger partial charge in [-0.2, -0.15) is 0 Å². The van der Waals surface area contributed by atoms with Crippen LogP contribution < -0.4 is 0 Å². The van der Waals surface area contributed by atoms with Gasteiger partial charge in [0.1, 0.15) is 11.9 Å². The highest BCUT2D eigenvalue weighted by atomic mass is 19.1. The summed E-state index contributed by atoms with van der Waals surface area (Å²) in [5.74, 6) is -1.71. The third-order valence-corrected chi connectivity index (χ3v) is 1.20. The molecule has 0 bridgehead atoms. The molecule has 0 fully saturated rings. The van der Waals surface area contributed by atoms with Gasteiger partial charge in [-0.3, -0.25) is 0 Å². The van der Waals surface area contributed by atoms with E-state index in [1.807, 2.05) is 0 Å². The lowest BCUT2D eigenvalue weighted by Gasteiger charge is -2.01. The van der Waals surface area contributed by atoms with Gasteiger partial charge in [0.25, 0.3) is 0 Å². The van der Waals surface area contributed by atoms with Crippen molar-refractivity contribution in [3.63, 3.8) is 0 Å². The summed E-state index contributed by atoms with van der Waals surface area (Å²) in [6.07, 6.45) is 1.98. The number of aliphatic hydroxyl groups is 1. The average Bonchev–Trinajstić information content (AvgIpc) is 2.05. The number of hydrogen-bond acceptors (Lipinski definition) is 3. The second-order valence-corrected chi connectivity index (χ2v) is 2.25. The molecule has 0 radical (unpaired) electrons. The SMILES string of the molecule is C/C=C/C(O)/C(F)=C/C(=O)OCC. The standard InChI is InChI=1S/C9H13FO3/c1-3-5-8(11)7(10)6-9(12)13-4-2/h3,5-6,8,11H,4H2,1-2H3/b5-3+,7-6-. The first kappa shape index (κ1) is 11.8. The van der Waals surface area contributed by atoms with Gasteiger partial charge in [-0.1, -0.05) is 12.2 Å². The second-order valence-electron chi connectivity index (χ2n) is 2.25. The summed E-state index contributed by atoms with van der Waals surface area (Å²) in [6.45, 7) is 3.44. The van der Waals surface area contributed by atoms with E-state index in [4.69, 9.17) is 5.11 Å². The lowest BCUT2D eigenvalue weighted by atomic mass is 10.3. The molecule has 1 N–H and O–H groups in total. The Morgan fingerprint density at radius 1 is 1.69 bits per heavy atom. The van der Waals surface area contributed by atoms with E-state index in [0.29, 0.717) is 6.08 Å². The maximum Gasteiger partial charge on any atom is 0.333 e. The molecule has 0 amide bonds. The number of aliphatic hydroxyl groups excluding tert-OH is 1. The third kappa shape index (κ3) is 5.14. The molecule has 1 unspecified atom stereocenters. The fourth-order valence-corrected chi connectivity index (χ4v) is 0.656. The van der Waals surface area contributed by atoms with E-state index >= 15 is 0 Å². The average molecular weight is 188 g/mol. The van der Waals surface area contributed by atoms with Gasteiger partial charge in [-0.15, -0.1) is 0 Å². The summed E-state index contributed by atoms with van der Waals surface area (Å²) in [6, 6.07) is 0.